The van der Waals surface area contributed by atoms with Crippen molar-refractivity contribution in [2.24, 2.45) is 0 Å². The first-order chi connectivity index (χ1) is 13.8. The van der Waals surface area contributed by atoms with E-state index in [1.807, 2.05) is 19.0 Å². The van der Waals surface area contributed by atoms with Gasteiger partial charge in [0.05, 0.1) is 24.3 Å². The lowest BCUT2D eigenvalue weighted by molar-refractivity contribution is -0.140. The van der Waals surface area contributed by atoms with Crippen LogP contribution in [-0.4, -0.2) is 66.0 Å². The molecule has 1 aliphatic rings. The second-order valence-corrected chi connectivity index (χ2v) is 7.09. The lowest BCUT2D eigenvalue weighted by Crippen LogP contribution is -2.35. The fraction of sp³-hybridized carbons (Fsp3) is 0.273. The van der Waals surface area contributed by atoms with Gasteiger partial charge in [-0.3, -0.25) is 9.59 Å². The summed E-state index contributed by atoms with van der Waals surface area (Å²) in [6.07, 6.45) is 0. The van der Waals surface area contributed by atoms with E-state index in [0.717, 1.165) is 0 Å². The molecule has 1 unspecified atom stereocenters. The Hall–Kier alpha value is -3.32. The molecule has 2 aromatic rings. The molecule has 1 fully saturated rings. The summed E-state index contributed by atoms with van der Waals surface area (Å²) in [6.45, 7) is 0.863. The topological polar surface area (TPSA) is 90.3 Å². The molecule has 1 atom stereocenters. The number of methoxy groups -OCH3 is 1. The van der Waals surface area contributed by atoms with Crippen molar-refractivity contribution >= 4 is 17.4 Å². The van der Waals surface area contributed by atoms with Gasteiger partial charge in [-0.15, -0.1) is 0 Å². The molecule has 1 aliphatic heterocycles. The monoisotopic (exact) mass is 396 g/mol. The molecule has 0 radical (unpaired) electrons. The molecular weight excluding hydrogens is 372 g/mol. The van der Waals surface area contributed by atoms with E-state index in [2.05, 4.69) is 0 Å². The van der Waals surface area contributed by atoms with Crippen LogP contribution in [0.15, 0.2) is 54.1 Å². The number of phenolic OH excluding ortho intramolecular Hbond substituents is 1. The van der Waals surface area contributed by atoms with Crippen LogP contribution in [0.4, 0.5) is 0 Å². The molecule has 1 heterocycles. The van der Waals surface area contributed by atoms with Crippen molar-refractivity contribution in [1.29, 1.82) is 0 Å². The van der Waals surface area contributed by atoms with Crippen LogP contribution in [0.3, 0.4) is 0 Å². The van der Waals surface area contributed by atoms with Gasteiger partial charge in [-0.1, -0.05) is 24.3 Å². The van der Waals surface area contributed by atoms with E-state index >= 15 is 0 Å². The maximum Gasteiger partial charge on any atom is 0.295 e. The normalized spacial score (nSPS) is 18.5. The Kier molecular flexibility index (Phi) is 5.89. The number of rotatable bonds is 6. The average molecular weight is 396 g/mol. The SMILES string of the molecule is COc1ccccc1/C(O)=C1/C(=O)C(=O)N(CCN(C)C)C1c1ccc(O)cc1. The van der Waals surface area contributed by atoms with Gasteiger partial charge in [-0.25, -0.2) is 0 Å². The minimum absolute atomic E-state index is 0.00365. The Bertz CT molecular complexity index is 950. The van der Waals surface area contributed by atoms with Gasteiger partial charge in [0, 0.05) is 13.1 Å². The third-order valence-corrected chi connectivity index (χ3v) is 4.90. The van der Waals surface area contributed by atoms with Gasteiger partial charge < -0.3 is 24.7 Å². The number of carbonyl (C=O) groups excluding carboxylic acids is 2. The van der Waals surface area contributed by atoms with Crippen molar-refractivity contribution in [3.8, 4) is 11.5 Å². The largest absolute Gasteiger partial charge is 0.508 e. The summed E-state index contributed by atoms with van der Waals surface area (Å²) >= 11 is 0. The summed E-state index contributed by atoms with van der Waals surface area (Å²) < 4.78 is 5.31. The van der Waals surface area contributed by atoms with Gasteiger partial charge in [0.2, 0.25) is 0 Å². The van der Waals surface area contributed by atoms with Crippen molar-refractivity contribution in [3.63, 3.8) is 0 Å². The lowest BCUT2D eigenvalue weighted by atomic mass is 9.95. The van der Waals surface area contributed by atoms with E-state index in [-0.39, 0.29) is 17.1 Å². The van der Waals surface area contributed by atoms with Crippen molar-refractivity contribution in [3.05, 3.63) is 65.2 Å². The van der Waals surface area contributed by atoms with Gasteiger partial charge in [0.15, 0.2) is 0 Å². The maximum atomic E-state index is 12.9. The number of Topliss-reactive ketones (excluding diaryl/α,β-unsaturated/α-hetero) is 1. The van der Waals surface area contributed by atoms with Crippen molar-refractivity contribution in [2.75, 3.05) is 34.3 Å². The Morgan fingerprint density at radius 3 is 2.38 bits per heavy atom. The standard InChI is InChI=1S/C22H24N2O5/c1-23(2)12-13-24-19(14-8-10-15(25)11-9-14)18(21(27)22(24)28)20(26)16-6-4-5-7-17(16)29-3/h4-11,19,25-26H,12-13H2,1-3H3/b20-18-. The number of aliphatic hydroxyl groups excluding tert-OH is 1. The molecule has 29 heavy (non-hydrogen) atoms. The first kappa shape index (κ1) is 20.4. The molecule has 0 aromatic heterocycles. The molecule has 7 nitrogen and oxygen atoms in total. The molecule has 1 amide bonds. The number of carbonyl (C=O) groups is 2. The number of benzene rings is 2. The Morgan fingerprint density at radius 1 is 1.10 bits per heavy atom. The maximum absolute atomic E-state index is 12.9. The number of hydrogen-bond acceptors (Lipinski definition) is 6. The summed E-state index contributed by atoms with van der Waals surface area (Å²) in [6, 6.07) is 12.3. The van der Waals surface area contributed by atoms with Crippen LogP contribution in [0.1, 0.15) is 17.2 Å². The Balaban J connectivity index is 2.17. The Morgan fingerprint density at radius 2 is 1.76 bits per heavy atom. The van der Waals surface area contributed by atoms with Gasteiger partial charge in [-0.05, 0) is 43.9 Å². The molecule has 2 aromatic carbocycles. The fourth-order valence-corrected chi connectivity index (χ4v) is 3.41. The van der Waals surface area contributed by atoms with E-state index in [1.54, 1.807) is 36.4 Å². The summed E-state index contributed by atoms with van der Waals surface area (Å²) in [5, 5.41) is 20.7. The number of likely N-dealkylation sites (N-methyl/N-ethyl adjacent to an activating group) is 1. The zero-order valence-corrected chi connectivity index (χ0v) is 16.6. The van der Waals surface area contributed by atoms with Gasteiger partial charge in [-0.2, -0.15) is 0 Å². The lowest BCUT2D eigenvalue weighted by Gasteiger charge is -2.26. The quantitative estimate of drug-likeness (QED) is 0.443. The highest BCUT2D eigenvalue weighted by atomic mass is 16.5. The predicted octanol–water partition coefficient (Wildman–Crippen LogP) is 2.38. The Labute approximate surface area is 169 Å². The predicted molar refractivity (Wildman–Crippen MR) is 109 cm³/mol. The highest BCUT2D eigenvalue weighted by molar-refractivity contribution is 6.46. The van der Waals surface area contributed by atoms with E-state index in [0.29, 0.717) is 30.0 Å². The third kappa shape index (κ3) is 3.95. The summed E-state index contributed by atoms with van der Waals surface area (Å²) in [7, 11) is 5.22. The highest BCUT2D eigenvalue weighted by Crippen LogP contribution is 2.40. The van der Waals surface area contributed by atoms with Crippen LogP contribution in [0.2, 0.25) is 0 Å². The third-order valence-electron chi connectivity index (χ3n) is 4.90. The zero-order valence-electron chi connectivity index (χ0n) is 16.6. The van der Waals surface area contributed by atoms with Crippen LogP contribution in [0.5, 0.6) is 11.5 Å². The number of amides is 1. The minimum atomic E-state index is -0.763. The zero-order chi connectivity index (χ0) is 21.1. The molecule has 0 saturated carbocycles. The number of para-hydroxylation sites is 1. The van der Waals surface area contributed by atoms with Crippen molar-refractivity contribution in [1.82, 2.24) is 9.80 Å². The molecule has 2 N–H and O–H groups in total. The molecule has 7 heteroatoms. The van der Waals surface area contributed by atoms with Crippen LogP contribution in [-0.2, 0) is 9.59 Å². The molecule has 0 aliphatic carbocycles. The number of ether oxygens (including phenoxy) is 1. The first-order valence-electron chi connectivity index (χ1n) is 9.20. The number of nitrogens with zero attached hydrogens (tertiary/aromatic N) is 2. The second kappa shape index (κ2) is 8.36. The van der Waals surface area contributed by atoms with E-state index in [9.17, 15) is 19.8 Å². The van der Waals surface area contributed by atoms with E-state index in [4.69, 9.17) is 4.74 Å². The van der Waals surface area contributed by atoms with Crippen LogP contribution in [0, 0.1) is 0 Å². The van der Waals surface area contributed by atoms with Crippen LogP contribution >= 0.6 is 0 Å². The van der Waals surface area contributed by atoms with Gasteiger partial charge in [0.1, 0.15) is 17.3 Å². The van der Waals surface area contributed by atoms with Gasteiger partial charge >= 0.3 is 0 Å². The van der Waals surface area contributed by atoms with Gasteiger partial charge in [0.25, 0.3) is 11.7 Å². The number of ketones is 1. The van der Waals surface area contributed by atoms with Crippen molar-refractivity contribution < 1.29 is 24.5 Å². The van der Waals surface area contributed by atoms with Crippen molar-refractivity contribution in [2.45, 2.75) is 6.04 Å². The minimum Gasteiger partial charge on any atom is -0.508 e. The first-order valence-corrected chi connectivity index (χ1v) is 9.20. The summed E-state index contributed by atoms with van der Waals surface area (Å²) in [5.74, 6) is -1.23. The van der Waals surface area contributed by atoms with Crippen LogP contribution < -0.4 is 4.74 Å². The van der Waals surface area contributed by atoms with E-state index < -0.39 is 17.7 Å². The molecule has 0 spiro atoms. The van der Waals surface area contributed by atoms with E-state index in [1.165, 1.54) is 24.1 Å². The second-order valence-electron chi connectivity index (χ2n) is 7.09. The smallest absolute Gasteiger partial charge is 0.295 e. The number of phenols is 1. The number of likely N-dealkylation sites (tertiary alicyclic amines) is 1. The molecule has 0 bridgehead atoms. The summed E-state index contributed by atoms with van der Waals surface area (Å²) in [5.41, 5.74) is 0.963. The molecule has 3 rings (SSSR count). The number of aromatic hydroxyl groups is 1. The number of aliphatic hydroxyl groups is 1. The highest BCUT2D eigenvalue weighted by Gasteiger charge is 2.46. The molecule has 1 saturated heterocycles. The average Bonchev–Trinajstić information content (AvgIpc) is 2.97. The summed E-state index contributed by atoms with van der Waals surface area (Å²) in [4.78, 5) is 29.1. The molecular formula is C22H24N2O5. The molecule has 152 valence electrons. The number of hydrogen-bond donors (Lipinski definition) is 2. The van der Waals surface area contributed by atoms with Crippen LogP contribution in [0.25, 0.3) is 5.76 Å². The fourth-order valence-electron chi connectivity index (χ4n) is 3.41.